The Bertz CT molecular complexity index is 926. The number of carbonyl (C=O) groups excluding carboxylic acids is 2. The van der Waals surface area contributed by atoms with E-state index in [0.29, 0.717) is 35.3 Å². The smallest absolute Gasteiger partial charge is 0.260 e. The van der Waals surface area contributed by atoms with Gasteiger partial charge in [0.05, 0.1) is 22.1 Å². The molecule has 154 valence electrons. The summed E-state index contributed by atoms with van der Waals surface area (Å²) in [5.41, 5.74) is 0.966. The number of hydrogen-bond acceptors (Lipinski definition) is 6. The fourth-order valence-corrected chi connectivity index (χ4v) is 5.14. The van der Waals surface area contributed by atoms with Crippen molar-refractivity contribution in [3.05, 3.63) is 43.8 Å². The van der Waals surface area contributed by atoms with Crippen LogP contribution in [0.15, 0.2) is 18.2 Å². The number of ether oxygens (including phenoxy) is 1. The zero-order valence-corrected chi connectivity index (χ0v) is 18.2. The van der Waals surface area contributed by atoms with Gasteiger partial charge in [-0.1, -0.05) is 23.2 Å². The van der Waals surface area contributed by atoms with Crippen molar-refractivity contribution in [3.63, 3.8) is 0 Å². The molecule has 0 spiro atoms. The topological polar surface area (TPSA) is 62.7 Å². The van der Waals surface area contributed by atoms with Crippen LogP contribution in [0, 0.1) is 0 Å². The number of piperazine rings is 1. The summed E-state index contributed by atoms with van der Waals surface area (Å²) in [6.45, 7) is 3.49. The molecule has 0 radical (unpaired) electrons. The summed E-state index contributed by atoms with van der Waals surface area (Å²) in [7, 11) is 0. The molecule has 1 aliphatic carbocycles. The van der Waals surface area contributed by atoms with E-state index >= 15 is 0 Å². The summed E-state index contributed by atoms with van der Waals surface area (Å²) < 4.78 is 5.55. The maximum absolute atomic E-state index is 12.4. The molecule has 2 aromatic rings. The molecule has 4 rings (SSSR count). The molecule has 1 aromatic carbocycles. The Labute approximate surface area is 183 Å². The summed E-state index contributed by atoms with van der Waals surface area (Å²) in [5, 5.41) is 1.90. The van der Waals surface area contributed by atoms with Crippen molar-refractivity contribution in [1.29, 1.82) is 0 Å². The molecule has 2 heterocycles. The van der Waals surface area contributed by atoms with Gasteiger partial charge in [0.1, 0.15) is 10.8 Å². The second-order valence-corrected chi connectivity index (χ2v) is 9.11. The summed E-state index contributed by atoms with van der Waals surface area (Å²) in [5.74, 6) is 0.613. The summed E-state index contributed by atoms with van der Waals surface area (Å²) in [6, 6.07) is 4.93. The average molecular weight is 454 g/mol. The van der Waals surface area contributed by atoms with E-state index in [1.165, 1.54) is 11.3 Å². The first-order valence-electron chi connectivity index (χ1n) is 9.59. The van der Waals surface area contributed by atoms with Crippen LogP contribution >= 0.6 is 34.5 Å². The average Bonchev–Trinajstić information content (AvgIpc) is 3.11. The van der Waals surface area contributed by atoms with Gasteiger partial charge in [-0.2, -0.15) is 0 Å². The van der Waals surface area contributed by atoms with Crippen LogP contribution < -0.4 is 4.74 Å². The lowest BCUT2D eigenvalue weighted by Gasteiger charge is -2.34. The normalized spacial score (nSPS) is 17.3. The Morgan fingerprint density at radius 2 is 1.97 bits per heavy atom. The maximum atomic E-state index is 12.4. The number of rotatable bonds is 5. The van der Waals surface area contributed by atoms with Crippen LogP contribution in [0.5, 0.6) is 5.75 Å². The third-order valence-corrected chi connectivity index (χ3v) is 6.80. The highest BCUT2D eigenvalue weighted by Gasteiger charge is 2.25. The molecule has 1 aromatic heterocycles. The van der Waals surface area contributed by atoms with Crippen LogP contribution in [-0.4, -0.2) is 59.3 Å². The van der Waals surface area contributed by atoms with Crippen molar-refractivity contribution in [1.82, 2.24) is 14.8 Å². The number of fused-ring (bicyclic) bond motifs is 1. The van der Waals surface area contributed by atoms with Crippen molar-refractivity contribution in [2.45, 2.75) is 25.8 Å². The van der Waals surface area contributed by atoms with Crippen LogP contribution in [0.25, 0.3) is 0 Å². The fourth-order valence-electron chi connectivity index (χ4n) is 3.56. The molecule has 0 N–H and O–H groups in total. The largest absolute Gasteiger partial charge is 0.482 e. The Kier molecular flexibility index (Phi) is 6.39. The van der Waals surface area contributed by atoms with Crippen molar-refractivity contribution in [2.24, 2.45) is 0 Å². The summed E-state index contributed by atoms with van der Waals surface area (Å²) >= 11 is 13.5. The first kappa shape index (κ1) is 20.6. The SMILES string of the molecule is O=C1CCCc2nc(CN3CCN(C(=O)COc4ccc(Cl)cc4Cl)CC3)sc21. The molecule has 1 amide bonds. The number of aryl methyl sites for hydroxylation is 1. The minimum atomic E-state index is -0.0639. The van der Waals surface area contributed by atoms with Crippen LogP contribution in [0.1, 0.15) is 33.2 Å². The molecule has 9 heteroatoms. The highest BCUT2D eigenvalue weighted by molar-refractivity contribution is 7.13. The van der Waals surface area contributed by atoms with Gasteiger partial charge >= 0.3 is 0 Å². The Hall–Kier alpha value is -1.67. The monoisotopic (exact) mass is 453 g/mol. The first-order valence-corrected chi connectivity index (χ1v) is 11.2. The summed E-state index contributed by atoms with van der Waals surface area (Å²) in [6.07, 6.45) is 2.44. The van der Waals surface area contributed by atoms with Gasteiger partial charge in [0.2, 0.25) is 0 Å². The highest BCUT2D eigenvalue weighted by Crippen LogP contribution is 2.28. The second kappa shape index (κ2) is 9.00. The van der Waals surface area contributed by atoms with Gasteiger partial charge in [-0.25, -0.2) is 4.98 Å². The molecule has 6 nitrogen and oxygen atoms in total. The third-order valence-electron chi connectivity index (χ3n) is 5.14. The molecule has 0 saturated carbocycles. The molecule has 0 unspecified atom stereocenters. The van der Waals surface area contributed by atoms with E-state index < -0.39 is 0 Å². The number of hydrogen-bond donors (Lipinski definition) is 0. The van der Waals surface area contributed by atoms with E-state index in [1.807, 2.05) is 0 Å². The number of nitrogens with zero attached hydrogens (tertiary/aromatic N) is 3. The van der Waals surface area contributed by atoms with Crippen molar-refractivity contribution >= 4 is 46.2 Å². The summed E-state index contributed by atoms with van der Waals surface area (Å²) in [4.78, 5) is 34.0. The standard InChI is InChI=1S/C20H21Cl2N3O3S/c21-13-4-5-17(14(22)10-13)28-12-19(27)25-8-6-24(7-9-25)11-18-23-15-2-1-3-16(26)20(15)29-18/h4-5,10H,1-3,6-9,11-12H2. The van der Waals surface area contributed by atoms with Gasteiger partial charge in [-0.05, 0) is 31.0 Å². The molecule has 1 fully saturated rings. The van der Waals surface area contributed by atoms with Crippen LogP contribution in [0.3, 0.4) is 0 Å². The Morgan fingerprint density at radius 1 is 1.17 bits per heavy atom. The van der Waals surface area contributed by atoms with E-state index in [2.05, 4.69) is 9.88 Å². The molecule has 1 aliphatic heterocycles. The Morgan fingerprint density at radius 3 is 2.69 bits per heavy atom. The van der Waals surface area contributed by atoms with Crippen LogP contribution in [0.4, 0.5) is 0 Å². The number of Topliss-reactive ketones (excluding diaryl/α,β-unsaturated/α-hetero) is 1. The molecule has 1 saturated heterocycles. The zero-order valence-electron chi connectivity index (χ0n) is 15.8. The van der Waals surface area contributed by atoms with Gasteiger partial charge in [0.15, 0.2) is 12.4 Å². The van der Waals surface area contributed by atoms with E-state index in [9.17, 15) is 9.59 Å². The van der Waals surface area contributed by atoms with Gasteiger partial charge < -0.3 is 9.64 Å². The van der Waals surface area contributed by atoms with Crippen molar-refractivity contribution in [3.8, 4) is 5.75 Å². The maximum Gasteiger partial charge on any atom is 0.260 e. The lowest BCUT2D eigenvalue weighted by Crippen LogP contribution is -2.49. The van der Waals surface area contributed by atoms with E-state index in [1.54, 1.807) is 23.1 Å². The van der Waals surface area contributed by atoms with Crippen LogP contribution in [0.2, 0.25) is 10.0 Å². The minimum Gasteiger partial charge on any atom is -0.482 e. The van der Waals surface area contributed by atoms with Gasteiger partial charge in [-0.3, -0.25) is 14.5 Å². The van der Waals surface area contributed by atoms with Crippen molar-refractivity contribution < 1.29 is 14.3 Å². The lowest BCUT2D eigenvalue weighted by molar-refractivity contribution is -0.135. The van der Waals surface area contributed by atoms with Gasteiger partial charge in [0.25, 0.3) is 5.91 Å². The van der Waals surface area contributed by atoms with E-state index in [4.69, 9.17) is 27.9 Å². The lowest BCUT2D eigenvalue weighted by atomic mass is 10.0. The van der Waals surface area contributed by atoms with Crippen LogP contribution in [-0.2, 0) is 17.8 Å². The van der Waals surface area contributed by atoms with E-state index in [0.717, 1.165) is 48.1 Å². The fraction of sp³-hybridized carbons (Fsp3) is 0.450. The number of thiazole rings is 1. The molecular formula is C20H21Cl2N3O3S. The third kappa shape index (κ3) is 4.91. The number of halogens is 2. The predicted molar refractivity (Wildman–Crippen MR) is 113 cm³/mol. The number of benzene rings is 1. The second-order valence-electron chi connectivity index (χ2n) is 7.18. The number of amides is 1. The number of aromatic nitrogens is 1. The number of ketones is 1. The Balaban J connectivity index is 1.26. The molecule has 0 atom stereocenters. The predicted octanol–water partition coefficient (Wildman–Crippen LogP) is 3.69. The van der Waals surface area contributed by atoms with Gasteiger partial charge in [-0.15, -0.1) is 11.3 Å². The highest BCUT2D eigenvalue weighted by atomic mass is 35.5. The van der Waals surface area contributed by atoms with E-state index in [-0.39, 0.29) is 18.3 Å². The molecule has 29 heavy (non-hydrogen) atoms. The molecule has 0 bridgehead atoms. The molecular weight excluding hydrogens is 433 g/mol. The molecule has 2 aliphatic rings. The number of carbonyl (C=O) groups is 2. The van der Waals surface area contributed by atoms with Gasteiger partial charge in [0, 0.05) is 37.6 Å². The first-order chi connectivity index (χ1) is 14.0. The zero-order chi connectivity index (χ0) is 20.4. The minimum absolute atomic E-state index is 0.0529. The van der Waals surface area contributed by atoms with Crippen molar-refractivity contribution in [2.75, 3.05) is 32.8 Å². The quantitative estimate of drug-likeness (QED) is 0.690.